The molecule has 59 heavy (non-hydrogen) atoms. The van der Waals surface area contributed by atoms with E-state index in [-0.39, 0.29) is 23.7 Å². The Kier molecular flexibility index (Phi) is 15.6. The van der Waals surface area contributed by atoms with Gasteiger partial charge in [0.15, 0.2) is 0 Å². The summed E-state index contributed by atoms with van der Waals surface area (Å²) in [6.07, 6.45) is -1.07. The van der Waals surface area contributed by atoms with Gasteiger partial charge in [-0.3, -0.25) is 0 Å². The van der Waals surface area contributed by atoms with Gasteiger partial charge in [0.2, 0.25) is 0 Å². The number of hydrogen-bond donors (Lipinski definition) is 5. The summed E-state index contributed by atoms with van der Waals surface area (Å²) in [4.78, 5) is 40.3. The Hall–Kier alpha value is -4.30. The van der Waals surface area contributed by atoms with Crippen molar-refractivity contribution in [3.05, 3.63) is 208 Å². The third kappa shape index (κ3) is 10.9. The molecule has 0 saturated carbocycles. The van der Waals surface area contributed by atoms with E-state index in [2.05, 4.69) is 100 Å². The van der Waals surface area contributed by atoms with Crippen LogP contribution in [0.25, 0.3) is 0 Å². The van der Waals surface area contributed by atoms with Crippen LogP contribution in [0.1, 0.15) is 108 Å². The molecule has 0 amide bonds. The molecule has 0 spiro atoms. The van der Waals surface area contributed by atoms with Crippen LogP contribution in [0.15, 0.2) is 158 Å². The molecule has 10 heteroatoms. The highest BCUT2D eigenvalue weighted by Gasteiger charge is 2.45. The summed E-state index contributed by atoms with van der Waals surface area (Å²) in [5.41, 5.74) is 7.56. The van der Waals surface area contributed by atoms with Gasteiger partial charge in [-0.25, -0.2) is 0 Å². The first-order chi connectivity index (χ1) is 28.5. The van der Waals surface area contributed by atoms with E-state index < -0.39 is 48.5 Å². The molecule has 8 nitrogen and oxygen atoms in total. The first-order valence-corrected chi connectivity index (χ1v) is 22.2. The Balaban J connectivity index is 1.59. The van der Waals surface area contributed by atoms with E-state index in [4.69, 9.17) is 13.8 Å². The number of aliphatic hydroxyl groups is 1. The summed E-state index contributed by atoms with van der Waals surface area (Å²) in [6, 6.07) is 53.3. The second-order valence-corrected chi connectivity index (χ2v) is 16.8. The van der Waals surface area contributed by atoms with Crippen LogP contribution in [0, 0.1) is 5.41 Å². The van der Waals surface area contributed by atoms with Crippen LogP contribution in [-0.2, 0) is 9.05 Å². The number of hydrogen-bond acceptors (Lipinski definition) is 8. The van der Waals surface area contributed by atoms with Gasteiger partial charge in [-0.05, 0) is 50.6 Å². The van der Waals surface area contributed by atoms with Crippen molar-refractivity contribution in [3.8, 4) is 5.75 Å². The van der Waals surface area contributed by atoms with Gasteiger partial charge in [-0.15, -0.1) is 0 Å². The second-order valence-electron chi connectivity index (χ2n) is 15.3. The molecule has 0 heterocycles. The third-order valence-corrected chi connectivity index (χ3v) is 12.3. The molecule has 0 aliphatic heterocycles. The zero-order valence-corrected chi connectivity index (χ0v) is 35.7. The number of ether oxygens (including phenoxy) is 1. The molecule has 0 fully saturated rings. The van der Waals surface area contributed by atoms with Crippen LogP contribution in [-0.4, -0.2) is 44.5 Å². The lowest BCUT2D eigenvalue weighted by Crippen LogP contribution is -2.44. The lowest BCUT2D eigenvalue weighted by atomic mass is 9.75. The lowest BCUT2D eigenvalue weighted by Gasteiger charge is -2.41. The SMILES string of the molecule is CC(c1ccccc1)c1ccc(OC(c2ccc(C(C)c3ccccc3)cc2C(C)c2ccccc2)C(CO)(COP(O)O)COP(O)O)c(C(C)c2ccccc2)c1. The standard InChI is InChI=1S/C49H54O8P2/c1-34(38-17-9-5-10-18-38)42-25-27-44(45(29-42)36(3)40-21-13-7-14-22-40)48(49(31-50,32-55-58(51)52)33-56-59(53)54)57-47-28-26-43(35(2)39-19-11-6-12-20-39)30-46(47)37(4)41-23-15-8-16-24-41/h5-30,34-37,48,50-54H,31-33H2,1-4H3. The zero-order chi connectivity index (χ0) is 41.9. The fraction of sp³-hybridized carbons (Fsp3) is 0.265. The van der Waals surface area contributed by atoms with Crippen LogP contribution in [0.3, 0.4) is 0 Å². The van der Waals surface area contributed by atoms with E-state index in [9.17, 15) is 24.7 Å². The minimum Gasteiger partial charge on any atom is -0.485 e. The summed E-state index contributed by atoms with van der Waals surface area (Å²) in [5, 5.41) is 11.5. The largest absolute Gasteiger partial charge is 0.485 e. The molecule has 5 atom stereocenters. The van der Waals surface area contributed by atoms with Crippen molar-refractivity contribution in [1.82, 2.24) is 0 Å². The van der Waals surface area contributed by atoms with Crippen LogP contribution in [0.4, 0.5) is 0 Å². The molecular formula is C49H54O8P2. The van der Waals surface area contributed by atoms with Gasteiger partial charge in [0, 0.05) is 29.2 Å². The molecular weight excluding hydrogens is 778 g/mol. The highest BCUT2D eigenvalue weighted by Crippen LogP contribution is 2.48. The lowest BCUT2D eigenvalue weighted by molar-refractivity contribution is -0.0660. The van der Waals surface area contributed by atoms with E-state index in [1.54, 1.807) is 0 Å². The number of aliphatic hydroxyl groups excluding tert-OH is 1. The predicted molar refractivity (Wildman–Crippen MR) is 236 cm³/mol. The number of benzene rings is 6. The molecule has 5 N–H and O–H groups in total. The Morgan fingerprint density at radius 1 is 0.441 bits per heavy atom. The Morgan fingerprint density at radius 3 is 1.22 bits per heavy atom. The van der Waals surface area contributed by atoms with E-state index in [0.29, 0.717) is 11.3 Å². The van der Waals surface area contributed by atoms with Crippen molar-refractivity contribution in [2.45, 2.75) is 57.5 Å². The van der Waals surface area contributed by atoms with Crippen molar-refractivity contribution >= 4 is 17.2 Å². The Morgan fingerprint density at radius 2 is 0.814 bits per heavy atom. The first-order valence-electron chi connectivity index (χ1n) is 19.9. The maximum atomic E-state index is 11.5. The van der Waals surface area contributed by atoms with Gasteiger partial charge >= 0.3 is 17.2 Å². The number of rotatable bonds is 19. The minimum atomic E-state index is -2.87. The molecule has 308 valence electrons. The molecule has 0 bridgehead atoms. The van der Waals surface area contributed by atoms with E-state index in [1.165, 1.54) is 5.56 Å². The maximum absolute atomic E-state index is 11.5. The molecule has 6 rings (SSSR count). The van der Waals surface area contributed by atoms with Gasteiger partial charge in [0.05, 0.1) is 25.2 Å². The molecule has 0 saturated heterocycles. The fourth-order valence-electron chi connectivity index (χ4n) is 7.85. The first kappa shape index (κ1) is 44.3. The van der Waals surface area contributed by atoms with E-state index in [0.717, 1.165) is 38.9 Å². The van der Waals surface area contributed by atoms with Crippen molar-refractivity contribution in [2.24, 2.45) is 5.41 Å². The van der Waals surface area contributed by atoms with Crippen LogP contribution >= 0.6 is 17.2 Å². The molecule has 0 aliphatic carbocycles. The normalized spacial score (nSPS) is 14.5. The molecule has 6 aromatic carbocycles. The van der Waals surface area contributed by atoms with Gasteiger partial charge in [-0.2, -0.15) is 0 Å². The minimum absolute atomic E-state index is 0.0396. The average molecular weight is 833 g/mol. The van der Waals surface area contributed by atoms with Crippen molar-refractivity contribution < 1.29 is 38.5 Å². The second kappa shape index (κ2) is 20.8. The highest BCUT2D eigenvalue weighted by atomic mass is 31.2. The van der Waals surface area contributed by atoms with Crippen LogP contribution in [0.2, 0.25) is 0 Å². The summed E-state index contributed by atoms with van der Waals surface area (Å²) in [6.45, 7) is 7.09. The van der Waals surface area contributed by atoms with Crippen LogP contribution in [0.5, 0.6) is 5.75 Å². The van der Waals surface area contributed by atoms with Gasteiger partial charge < -0.3 is 38.5 Å². The van der Waals surface area contributed by atoms with Crippen LogP contribution < -0.4 is 4.74 Å². The highest BCUT2D eigenvalue weighted by molar-refractivity contribution is 7.39. The van der Waals surface area contributed by atoms with E-state index in [1.807, 2.05) is 84.9 Å². The van der Waals surface area contributed by atoms with Gasteiger partial charge in [-0.1, -0.05) is 179 Å². The fourth-order valence-corrected chi connectivity index (χ4v) is 8.60. The van der Waals surface area contributed by atoms with Crippen molar-refractivity contribution in [2.75, 3.05) is 19.8 Å². The van der Waals surface area contributed by atoms with Gasteiger partial charge in [0.25, 0.3) is 0 Å². The average Bonchev–Trinajstić information content (AvgIpc) is 3.28. The summed E-state index contributed by atoms with van der Waals surface area (Å²) < 4.78 is 18.4. The summed E-state index contributed by atoms with van der Waals surface area (Å²) in [7, 11) is -5.74. The van der Waals surface area contributed by atoms with Gasteiger partial charge in [0.1, 0.15) is 11.9 Å². The van der Waals surface area contributed by atoms with E-state index >= 15 is 0 Å². The zero-order valence-electron chi connectivity index (χ0n) is 33.9. The summed E-state index contributed by atoms with van der Waals surface area (Å²) in [5.74, 6) is 0.348. The monoisotopic (exact) mass is 832 g/mol. The molecule has 0 aliphatic rings. The molecule has 5 unspecified atom stereocenters. The molecule has 0 radical (unpaired) electrons. The maximum Gasteiger partial charge on any atom is 0.327 e. The van der Waals surface area contributed by atoms with Crippen molar-refractivity contribution in [3.63, 3.8) is 0 Å². The molecule has 0 aromatic heterocycles. The topological polar surface area (TPSA) is 129 Å². The smallest absolute Gasteiger partial charge is 0.327 e. The van der Waals surface area contributed by atoms with Crippen molar-refractivity contribution in [1.29, 1.82) is 0 Å². The third-order valence-electron chi connectivity index (χ3n) is 11.6. The summed E-state index contributed by atoms with van der Waals surface area (Å²) >= 11 is 0. The molecule has 6 aromatic rings. The Labute approximate surface area is 350 Å². The predicted octanol–water partition coefficient (Wildman–Crippen LogP) is 10.8. The quantitative estimate of drug-likeness (QED) is 0.0510. The Bertz CT molecular complexity index is 2180.